The zero-order chi connectivity index (χ0) is 30.4. The van der Waals surface area contributed by atoms with Crippen LogP contribution in [0.1, 0.15) is 34.5 Å². The Kier molecular flexibility index (Phi) is 10.00. The van der Waals surface area contributed by atoms with Crippen LogP contribution in [0.5, 0.6) is 5.75 Å². The topological polar surface area (TPSA) is 133 Å². The summed E-state index contributed by atoms with van der Waals surface area (Å²) in [6.45, 7) is 0.0263. The largest absolute Gasteiger partial charge is 0.483 e. The number of aliphatic hydroxyl groups is 1. The summed E-state index contributed by atoms with van der Waals surface area (Å²) in [6, 6.07) is 18.6. The minimum Gasteiger partial charge on any atom is -0.483 e. The van der Waals surface area contributed by atoms with Gasteiger partial charge in [0, 0.05) is 6.54 Å². The van der Waals surface area contributed by atoms with E-state index in [-0.39, 0.29) is 12.1 Å². The van der Waals surface area contributed by atoms with Crippen LogP contribution in [-0.4, -0.2) is 67.2 Å². The number of hydrogen-bond donors (Lipinski definition) is 3. The molecule has 0 saturated carbocycles. The van der Waals surface area contributed by atoms with Gasteiger partial charge in [-0.05, 0) is 47.7 Å². The third-order valence-electron chi connectivity index (χ3n) is 6.16. The first-order chi connectivity index (χ1) is 19.1. The maximum atomic E-state index is 12.8. The van der Waals surface area contributed by atoms with E-state index < -0.39 is 52.7 Å². The molecule has 2 atom stereocenters. The Hall–Kier alpha value is -4.10. The van der Waals surface area contributed by atoms with Gasteiger partial charge in [-0.1, -0.05) is 60.7 Å². The third kappa shape index (κ3) is 9.22. The highest BCUT2D eigenvalue weighted by Crippen LogP contribution is 2.30. The number of halogens is 3. The smallest absolute Gasteiger partial charge is 0.422 e. The second kappa shape index (κ2) is 13.0. The first kappa shape index (κ1) is 31.4. The number of carbonyl (C=O) groups excluding carboxylic acids is 1. The fraction of sp³-hybridized carbons (Fsp3) is 0.286. The van der Waals surface area contributed by atoms with Crippen LogP contribution in [0.4, 0.5) is 18.0 Å². The van der Waals surface area contributed by atoms with E-state index in [1.807, 2.05) is 0 Å². The van der Waals surface area contributed by atoms with E-state index in [0.29, 0.717) is 23.1 Å². The summed E-state index contributed by atoms with van der Waals surface area (Å²) in [5, 5.41) is 20.4. The molecule has 3 rings (SSSR count). The van der Waals surface area contributed by atoms with E-state index in [1.54, 1.807) is 66.2 Å². The number of amides is 2. The summed E-state index contributed by atoms with van der Waals surface area (Å²) < 4.78 is 67.8. The number of carboxylic acid groups (broad SMARTS) is 1. The molecule has 41 heavy (non-hydrogen) atoms. The Morgan fingerprint density at radius 2 is 1.61 bits per heavy atom. The Morgan fingerprint density at radius 1 is 1.00 bits per heavy atom. The van der Waals surface area contributed by atoms with Gasteiger partial charge in [0.15, 0.2) is 6.61 Å². The van der Waals surface area contributed by atoms with Crippen LogP contribution in [0.25, 0.3) is 11.1 Å². The van der Waals surface area contributed by atoms with Gasteiger partial charge in [0.05, 0.1) is 24.0 Å². The van der Waals surface area contributed by atoms with Gasteiger partial charge in [0.2, 0.25) is 10.0 Å². The molecule has 0 aliphatic rings. The summed E-state index contributed by atoms with van der Waals surface area (Å²) in [5.41, 5.74) is 1.92. The lowest BCUT2D eigenvalue weighted by molar-refractivity contribution is -0.153. The van der Waals surface area contributed by atoms with Crippen molar-refractivity contribution < 1.29 is 46.1 Å². The molecule has 220 valence electrons. The normalized spacial score (nSPS) is 13.2. The van der Waals surface area contributed by atoms with E-state index in [2.05, 4.69) is 0 Å². The molecule has 0 saturated heterocycles. The molecule has 0 aliphatic heterocycles. The molecule has 0 aromatic heterocycles. The predicted molar refractivity (Wildman–Crippen MR) is 145 cm³/mol. The van der Waals surface area contributed by atoms with E-state index >= 15 is 0 Å². The van der Waals surface area contributed by atoms with Crippen LogP contribution in [-0.2, 0) is 16.4 Å². The first-order valence-electron chi connectivity index (χ1n) is 12.3. The van der Waals surface area contributed by atoms with Crippen LogP contribution in [0.15, 0.2) is 72.8 Å². The van der Waals surface area contributed by atoms with Crippen LogP contribution < -0.4 is 9.46 Å². The second-order valence-corrected chi connectivity index (χ2v) is 11.1. The first-order valence-corrected chi connectivity index (χ1v) is 14.2. The van der Waals surface area contributed by atoms with E-state index in [9.17, 15) is 41.4 Å². The molecule has 0 radical (unpaired) electrons. The molecular formula is C28H29F3N2O7S. The molecule has 0 heterocycles. The number of hydrogen-bond acceptors (Lipinski definition) is 6. The molecule has 9 nitrogen and oxygen atoms in total. The van der Waals surface area contributed by atoms with Gasteiger partial charge >= 0.3 is 12.3 Å². The summed E-state index contributed by atoms with van der Waals surface area (Å²) in [4.78, 5) is 25.4. The van der Waals surface area contributed by atoms with Crippen molar-refractivity contribution >= 4 is 22.0 Å². The van der Waals surface area contributed by atoms with Gasteiger partial charge in [-0.3, -0.25) is 4.79 Å². The van der Waals surface area contributed by atoms with Gasteiger partial charge in [-0.25, -0.2) is 17.9 Å². The molecule has 0 unspecified atom stereocenters. The van der Waals surface area contributed by atoms with Crippen molar-refractivity contribution in [1.82, 2.24) is 9.62 Å². The fourth-order valence-electron chi connectivity index (χ4n) is 4.08. The number of nitrogens with zero attached hydrogens (tertiary/aromatic N) is 1. The fourth-order valence-corrected chi connectivity index (χ4v) is 4.52. The summed E-state index contributed by atoms with van der Waals surface area (Å²) >= 11 is 0. The number of sulfonamides is 1. The zero-order valence-electron chi connectivity index (χ0n) is 22.1. The molecule has 2 amide bonds. The Morgan fingerprint density at radius 3 is 2.17 bits per heavy atom. The Balaban J connectivity index is 1.77. The SMILES string of the molecule is C[C@@H]([C@H](O)c1ccccc1)N(CCc1ccc(-c2ccc(C(=O)NS(C)(=O)=O)c(OCC(F)(F)F)c2)cc1)C(=O)O. The lowest BCUT2D eigenvalue weighted by Crippen LogP contribution is -2.42. The van der Waals surface area contributed by atoms with Crippen molar-refractivity contribution in [2.24, 2.45) is 0 Å². The zero-order valence-corrected chi connectivity index (χ0v) is 22.9. The van der Waals surface area contributed by atoms with Crippen LogP contribution >= 0.6 is 0 Å². The highest BCUT2D eigenvalue weighted by molar-refractivity contribution is 7.89. The minimum absolute atomic E-state index is 0.0965. The number of ether oxygens (including phenoxy) is 1. The van der Waals surface area contributed by atoms with E-state index in [0.717, 1.165) is 16.7 Å². The van der Waals surface area contributed by atoms with Gasteiger partial charge < -0.3 is 19.8 Å². The Bertz CT molecular complexity index is 1460. The van der Waals surface area contributed by atoms with Crippen molar-refractivity contribution in [3.63, 3.8) is 0 Å². The van der Waals surface area contributed by atoms with Gasteiger partial charge in [-0.15, -0.1) is 0 Å². The van der Waals surface area contributed by atoms with Crippen molar-refractivity contribution in [3.05, 3.63) is 89.5 Å². The average Bonchev–Trinajstić information content (AvgIpc) is 2.90. The minimum atomic E-state index is -4.69. The maximum absolute atomic E-state index is 12.8. The summed E-state index contributed by atoms with van der Waals surface area (Å²) in [5.74, 6) is -1.59. The van der Waals surface area contributed by atoms with Crippen molar-refractivity contribution in [2.75, 3.05) is 19.4 Å². The highest BCUT2D eigenvalue weighted by Gasteiger charge is 2.30. The number of carbonyl (C=O) groups is 2. The quantitative estimate of drug-likeness (QED) is 0.295. The van der Waals surface area contributed by atoms with Crippen LogP contribution in [0.2, 0.25) is 0 Å². The lowest BCUT2D eigenvalue weighted by Gasteiger charge is -2.30. The summed E-state index contributed by atoms with van der Waals surface area (Å²) in [7, 11) is -3.97. The van der Waals surface area contributed by atoms with Gasteiger partial charge in [0.25, 0.3) is 5.91 Å². The number of benzene rings is 3. The molecule has 0 spiro atoms. The monoisotopic (exact) mass is 594 g/mol. The molecule has 3 N–H and O–H groups in total. The Labute approximate surface area is 235 Å². The van der Waals surface area contributed by atoms with E-state index in [4.69, 9.17) is 4.74 Å². The second-order valence-electron chi connectivity index (χ2n) is 9.34. The van der Waals surface area contributed by atoms with Crippen molar-refractivity contribution in [3.8, 4) is 16.9 Å². The van der Waals surface area contributed by atoms with Crippen LogP contribution in [0, 0.1) is 0 Å². The number of rotatable bonds is 11. The third-order valence-corrected chi connectivity index (χ3v) is 6.72. The maximum Gasteiger partial charge on any atom is 0.422 e. The molecular weight excluding hydrogens is 565 g/mol. The number of nitrogens with one attached hydrogen (secondary N) is 1. The summed E-state index contributed by atoms with van der Waals surface area (Å²) in [6.07, 6.45) is -5.84. The number of aliphatic hydroxyl groups excluding tert-OH is 1. The number of alkyl halides is 3. The van der Waals surface area contributed by atoms with E-state index in [1.165, 1.54) is 18.2 Å². The highest BCUT2D eigenvalue weighted by atomic mass is 32.2. The molecule has 0 aliphatic carbocycles. The van der Waals surface area contributed by atoms with Gasteiger partial charge in [0.1, 0.15) is 5.75 Å². The average molecular weight is 595 g/mol. The molecule has 0 bridgehead atoms. The molecule has 3 aromatic rings. The molecule has 0 fully saturated rings. The predicted octanol–water partition coefficient (Wildman–Crippen LogP) is 4.63. The standard InChI is InChI=1S/C28H29F3N2O7S/c1-18(25(34)21-6-4-3-5-7-21)33(27(36)37)15-14-19-8-10-20(11-9-19)22-12-13-23(26(35)32-41(2,38)39)24(16-22)40-17-28(29,30)31/h3-13,16,18,25,34H,14-15,17H2,1-2H3,(H,32,35)(H,36,37)/t18-,25-/m0/s1. The van der Waals surface area contributed by atoms with Gasteiger partial charge in [-0.2, -0.15) is 13.2 Å². The van der Waals surface area contributed by atoms with Crippen LogP contribution in [0.3, 0.4) is 0 Å². The van der Waals surface area contributed by atoms with Crippen molar-refractivity contribution in [1.29, 1.82) is 0 Å². The molecule has 3 aromatic carbocycles. The lowest BCUT2D eigenvalue weighted by atomic mass is 10.00. The van der Waals surface area contributed by atoms with Crippen molar-refractivity contribution in [2.45, 2.75) is 31.7 Å². The molecule has 13 heteroatoms.